The molecule has 2 heterocycles. The summed E-state index contributed by atoms with van der Waals surface area (Å²) in [5, 5.41) is 10.3. The van der Waals surface area contributed by atoms with Gasteiger partial charge in [0.25, 0.3) is 0 Å². The van der Waals surface area contributed by atoms with Gasteiger partial charge in [0.05, 0.1) is 28.0 Å². The Kier molecular flexibility index (Phi) is 5.27. The van der Waals surface area contributed by atoms with Crippen LogP contribution < -0.4 is 10.6 Å². The first kappa shape index (κ1) is 21.6. The van der Waals surface area contributed by atoms with Gasteiger partial charge in [-0.3, -0.25) is 9.99 Å². The molecule has 0 unspecified atom stereocenters. The molecule has 2 aromatic carbocycles. The van der Waals surface area contributed by atoms with Crippen molar-refractivity contribution in [2.45, 2.75) is 31.3 Å². The van der Waals surface area contributed by atoms with Crippen molar-refractivity contribution in [2.75, 3.05) is 5.43 Å². The number of anilines is 1. The second-order valence-corrected chi connectivity index (χ2v) is 9.78. The predicted octanol–water partition coefficient (Wildman–Crippen LogP) is 3.81. The van der Waals surface area contributed by atoms with E-state index in [4.69, 9.17) is 9.88 Å². The Labute approximate surface area is 185 Å². The van der Waals surface area contributed by atoms with Gasteiger partial charge in [-0.15, -0.1) is 0 Å². The molecule has 0 fully saturated rings. The van der Waals surface area contributed by atoms with Crippen molar-refractivity contribution in [1.82, 2.24) is 14.5 Å². The number of para-hydroxylation sites is 1. The lowest BCUT2D eigenvalue weighted by molar-refractivity contribution is 0.0544. The summed E-state index contributed by atoms with van der Waals surface area (Å²) in [4.78, 5) is 14.4. The fraction of sp³-hybridized carbons (Fsp3) is 0.182. The minimum absolute atomic E-state index is 0.0177. The topological polar surface area (TPSA) is 121 Å². The number of rotatable bonds is 4. The summed E-state index contributed by atoms with van der Waals surface area (Å²) in [6.07, 6.45) is 2.87. The minimum Gasteiger partial charge on any atom is -0.443 e. The Balaban J connectivity index is 1.72. The van der Waals surface area contributed by atoms with Gasteiger partial charge in [-0.25, -0.2) is 18.4 Å². The number of primary sulfonamides is 1. The van der Waals surface area contributed by atoms with E-state index in [2.05, 4.69) is 10.5 Å². The van der Waals surface area contributed by atoms with Crippen LogP contribution in [0.2, 0.25) is 0 Å². The van der Waals surface area contributed by atoms with Crippen LogP contribution in [0.3, 0.4) is 0 Å². The Hall–Kier alpha value is -3.63. The highest BCUT2D eigenvalue weighted by atomic mass is 32.2. The van der Waals surface area contributed by atoms with E-state index < -0.39 is 21.7 Å². The SMILES string of the molecule is CC(C)(C)OC(=O)n1cc(-c2ccnn2Nc2ccc(S(N)(=O)=O)cc2)c2ccccc21. The van der Waals surface area contributed by atoms with E-state index in [0.717, 1.165) is 10.9 Å². The van der Waals surface area contributed by atoms with Gasteiger partial charge in [-0.1, -0.05) is 18.2 Å². The Morgan fingerprint density at radius 1 is 1.06 bits per heavy atom. The third kappa shape index (κ3) is 4.36. The van der Waals surface area contributed by atoms with Gasteiger partial charge in [0.15, 0.2) is 0 Å². The lowest BCUT2D eigenvalue weighted by Gasteiger charge is -2.19. The maximum Gasteiger partial charge on any atom is 0.419 e. The quantitative estimate of drug-likeness (QED) is 0.485. The van der Waals surface area contributed by atoms with Gasteiger partial charge in [-0.2, -0.15) is 9.89 Å². The highest BCUT2D eigenvalue weighted by Gasteiger charge is 2.22. The Morgan fingerprint density at radius 3 is 2.41 bits per heavy atom. The Morgan fingerprint density at radius 2 is 1.75 bits per heavy atom. The van der Waals surface area contributed by atoms with Crippen molar-refractivity contribution in [3.8, 4) is 11.3 Å². The molecule has 9 nitrogen and oxygen atoms in total. The number of nitrogens with two attached hydrogens (primary N) is 1. The zero-order chi connectivity index (χ0) is 23.1. The van der Waals surface area contributed by atoms with Crippen LogP contribution in [0.25, 0.3) is 22.2 Å². The van der Waals surface area contributed by atoms with Crippen molar-refractivity contribution in [3.05, 3.63) is 67.0 Å². The van der Waals surface area contributed by atoms with E-state index in [1.54, 1.807) is 29.3 Å². The first-order chi connectivity index (χ1) is 15.0. The molecule has 4 aromatic rings. The van der Waals surface area contributed by atoms with Crippen molar-refractivity contribution in [2.24, 2.45) is 5.14 Å². The third-order valence-corrected chi connectivity index (χ3v) is 5.57. The molecule has 3 N–H and O–H groups in total. The molecule has 0 saturated carbocycles. The number of fused-ring (bicyclic) bond motifs is 1. The Bertz CT molecular complexity index is 1400. The molecule has 0 saturated heterocycles. The van der Waals surface area contributed by atoms with E-state index in [-0.39, 0.29) is 4.90 Å². The molecule has 0 aliphatic heterocycles. The molecular formula is C22H23N5O4S. The van der Waals surface area contributed by atoms with Crippen molar-refractivity contribution in [1.29, 1.82) is 0 Å². The first-order valence-electron chi connectivity index (χ1n) is 9.81. The molecule has 10 heteroatoms. The number of hydrogen-bond donors (Lipinski definition) is 2. The smallest absolute Gasteiger partial charge is 0.419 e. The number of aromatic nitrogens is 3. The molecule has 0 spiro atoms. The van der Waals surface area contributed by atoms with Crippen LogP contribution in [0.15, 0.2) is 71.9 Å². The van der Waals surface area contributed by atoms with Crippen molar-refractivity contribution >= 4 is 32.7 Å². The second kappa shape index (κ2) is 7.81. The van der Waals surface area contributed by atoms with Gasteiger partial charge >= 0.3 is 6.09 Å². The maximum atomic E-state index is 12.8. The van der Waals surface area contributed by atoms with Gasteiger partial charge in [0.2, 0.25) is 10.0 Å². The second-order valence-electron chi connectivity index (χ2n) is 8.22. The number of carbonyl (C=O) groups excluding carboxylic acids is 1. The zero-order valence-corrected chi connectivity index (χ0v) is 18.6. The third-order valence-electron chi connectivity index (χ3n) is 4.64. The molecule has 0 bridgehead atoms. The molecular weight excluding hydrogens is 430 g/mol. The largest absolute Gasteiger partial charge is 0.443 e. The molecule has 0 aliphatic rings. The maximum absolute atomic E-state index is 12.8. The first-order valence-corrected chi connectivity index (χ1v) is 11.4. The van der Waals surface area contributed by atoms with Crippen LogP contribution in [-0.2, 0) is 14.8 Å². The standard InChI is InChI=1S/C22H23N5O4S/c1-22(2,3)31-21(28)26-14-18(17-6-4-5-7-19(17)26)20-12-13-24-27(20)25-15-8-10-16(11-9-15)32(23,29)30/h4-14,25H,1-3H3,(H2,23,29,30). The molecule has 32 heavy (non-hydrogen) atoms. The molecule has 4 rings (SSSR count). The van der Waals surface area contributed by atoms with Crippen LogP contribution in [0.5, 0.6) is 0 Å². The number of nitrogens with one attached hydrogen (secondary N) is 1. The average molecular weight is 454 g/mol. The monoisotopic (exact) mass is 453 g/mol. The summed E-state index contributed by atoms with van der Waals surface area (Å²) >= 11 is 0. The normalized spacial score (nSPS) is 12.1. The lowest BCUT2D eigenvalue weighted by atomic mass is 10.1. The fourth-order valence-electron chi connectivity index (χ4n) is 3.28. The number of carbonyl (C=O) groups is 1. The van der Waals surface area contributed by atoms with E-state index in [1.807, 2.05) is 51.1 Å². The summed E-state index contributed by atoms with van der Waals surface area (Å²) in [5.41, 5.74) is 5.29. The molecule has 0 amide bonds. The van der Waals surface area contributed by atoms with Crippen LogP contribution >= 0.6 is 0 Å². The van der Waals surface area contributed by atoms with Crippen molar-refractivity contribution < 1.29 is 17.9 Å². The summed E-state index contributed by atoms with van der Waals surface area (Å²) in [6.45, 7) is 5.45. The van der Waals surface area contributed by atoms with Gasteiger partial charge in [-0.05, 0) is 57.2 Å². The van der Waals surface area contributed by atoms with Crippen LogP contribution in [0.4, 0.5) is 10.5 Å². The van der Waals surface area contributed by atoms with Crippen LogP contribution in [0, 0.1) is 0 Å². The fourth-order valence-corrected chi connectivity index (χ4v) is 3.80. The number of sulfonamides is 1. The zero-order valence-electron chi connectivity index (χ0n) is 17.8. The van der Waals surface area contributed by atoms with Crippen LogP contribution in [0.1, 0.15) is 20.8 Å². The summed E-state index contributed by atoms with van der Waals surface area (Å²) in [5.74, 6) is 0. The molecule has 2 aromatic heterocycles. The highest BCUT2D eigenvalue weighted by molar-refractivity contribution is 7.89. The molecule has 0 radical (unpaired) electrons. The van der Waals surface area contributed by atoms with Crippen molar-refractivity contribution in [3.63, 3.8) is 0 Å². The van der Waals surface area contributed by atoms with E-state index >= 15 is 0 Å². The van der Waals surface area contributed by atoms with Crippen LogP contribution in [-0.4, -0.2) is 34.6 Å². The van der Waals surface area contributed by atoms with Gasteiger partial charge in [0, 0.05) is 17.1 Å². The summed E-state index contributed by atoms with van der Waals surface area (Å²) < 4.78 is 30.0. The predicted molar refractivity (Wildman–Crippen MR) is 122 cm³/mol. The van der Waals surface area contributed by atoms with E-state index in [9.17, 15) is 13.2 Å². The van der Waals surface area contributed by atoms with Gasteiger partial charge < -0.3 is 4.74 Å². The minimum atomic E-state index is -3.77. The number of benzene rings is 2. The van der Waals surface area contributed by atoms with E-state index in [1.165, 1.54) is 16.7 Å². The van der Waals surface area contributed by atoms with E-state index in [0.29, 0.717) is 16.9 Å². The summed E-state index contributed by atoms with van der Waals surface area (Å²) in [6, 6.07) is 15.3. The molecule has 0 aliphatic carbocycles. The number of nitrogens with zero attached hydrogens (tertiary/aromatic N) is 3. The highest BCUT2D eigenvalue weighted by Crippen LogP contribution is 2.31. The lowest BCUT2D eigenvalue weighted by Crippen LogP contribution is -2.26. The average Bonchev–Trinajstić information content (AvgIpc) is 3.30. The molecule has 0 atom stereocenters. The molecule has 166 valence electrons. The number of hydrogen-bond acceptors (Lipinski definition) is 6. The number of ether oxygens (including phenoxy) is 1. The summed E-state index contributed by atoms with van der Waals surface area (Å²) in [7, 11) is -3.77. The van der Waals surface area contributed by atoms with Gasteiger partial charge in [0.1, 0.15) is 5.60 Å².